The molecule has 0 radical (unpaired) electrons. The van der Waals surface area contributed by atoms with E-state index in [9.17, 15) is 4.39 Å². The molecular weight excluding hydrogens is 243 g/mol. The van der Waals surface area contributed by atoms with Crippen LogP contribution in [0.2, 0.25) is 0 Å². The highest BCUT2D eigenvalue weighted by atomic mass is 19.1. The fraction of sp³-hybridized carbons (Fsp3) is 0.286. The Kier molecular flexibility index (Phi) is 3.13. The van der Waals surface area contributed by atoms with Gasteiger partial charge in [0, 0.05) is 37.1 Å². The van der Waals surface area contributed by atoms with Gasteiger partial charge in [0.25, 0.3) is 0 Å². The normalized spacial score (nSPS) is 18.8. The molecule has 0 spiro atoms. The van der Waals surface area contributed by atoms with Crippen LogP contribution < -0.4 is 10.6 Å². The molecule has 1 atom stereocenters. The number of benzene rings is 1. The van der Waals surface area contributed by atoms with Crippen LogP contribution >= 0.6 is 0 Å². The van der Waals surface area contributed by atoms with E-state index in [2.05, 4.69) is 14.9 Å². The van der Waals surface area contributed by atoms with Gasteiger partial charge < -0.3 is 10.6 Å². The molecule has 2 N–H and O–H groups in total. The van der Waals surface area contributed by atoms with E-state index < -0.39 is 0 Å². The van der Waals surface area contributed by atoms with Crippen molar-refractivity contribution in [3.05, 3.63) is 42.5 Å². The number of anilines is 1. The zero-order chi connectivity index (χ0) is 13.2. The number of hydrogen-bond acceptors (Lipinski definition) is 4. The van der Waals surface area contributed by atoms with E-state index >= 15 is 0 Å². The average Bonchev–Trinajstić information content (AvgIpc) is 2.86. The van der Waals surface area contributed by atoms with Crippen molar-refractivity contribution in [2.45, 2.75) is 12.5 Å². The molecule has 0 aliphatic carbocycles. The summed E-state index contributed by atoms with van der Waals surface area (Å²) in [5.74, 6) is 0.431. The zero-order valence-corrected chi connectivity index (χ0v) is 10.5. The Balaban J connectivity index is 1.83. The van der Waals surface area contributed by atoms with Gasteiger partial charge in [-0.2, -0.15) is 0 Å². The van der Waals surface area contributed by atoms with Crippen molar-refractivity contribution < 1.29 is 4.39 Å². The van der Waals surface area contributed by atoms with Crippen LogP contribution in [0.25, 0.3) is 11.1 Å². The van der Waals surface area contributed by atoms with Gasteiger partial charge in [-0.1, -0.05) is 12.1 Å². The van der Waals surface area contributed by atoms with Crippen molar-refractivity contribution in [1.82, 2.24) is 9.97 Å². The molecule has 1 aromatic heterocycles. The minimum atomic E-state index is -0.257. The van der Waals surface area contributed by atoms with Crippen molar-refractivity contribution >= 4 is 5.95 Å². The summed E-state index contributed by atoms with van der Waals surface area (Å²) in [5, 5.41) is 0. The Hall–Kier alpha value is -2.01. The third-order valence-corrected chi connectivity index (χ3v) is 3.30. The highest BCUT2D eigenvalue weighted by molar-refractivity contribution is 5.62. The lowest BCUT2D eigenvalue weighted by atomic mass is 10.1. The number of halogens is 1. The van der Waals surface area contributed by atoms with Crippen molar-refractivity contribution in [2.24, 2.45) is 5.73 Å². The summed E-state index contributed by atoms with van der Waals surface area (Å²) in [6.07, 6.45) is 4.41. The molecule has 0 saturated carbocycles. The van der Waals surface area contributed by atoms with Crippen LogP contribution in [0.5, 0.6) is 0 Å². The largest absolute Gasteiger partial charge is 0.339 e. The molecule has 2 aromatic rings. The summed E-state index contributed by atoms with van der Waals surface area (Å²) in [6.45, 7) is 1.68. The highest BCUT2D eigenvalue weighted by Gasteiger charge is 2.21. The molecule has 0 bridgehead atoms. The van der Waals surface area contributed by atoms with Crippen LogP contribution in [0.4, 0.5) is 10.3 Å². The maximum atomic E-state index is 13.2. The maximum Gasteiger partial charge on any atom is 0.225 e. The van der Waals surface area contributed by atoms with Gasteiger partial charge in [0.05, 0.1) is 0 Å². The van der Waals surface area contributed by atoms with Gasteiger partial charge in [0.1, 0.15) is 5.82 Å². The number of aromatic nitrogens is 2. The van der Waals surface area contributed by atoms with E-state index in [-0.39, 0.29) is 11.9 Å². The summed E-state index contributed by atoms with van der Waals surface area (Å²) in [6, 6.07) is 6.62. The molecule has 0 amide bonds. The molecule has 1 aromatic carbocycles. The van der Waals surface area contributed by atoms with E-state index in [4.69, 9.17) is 5.73 Å². The van der Waals surface area contributed by atoms with E-state index in [1.165, 1.54) is 12.1 Å². The van der Waals surface area contributed by atoms with E-state index in [0.29, 0.717) is 5.95 Å². The van der Waals surface area contributed by atoms with Crippen molar-refractivity contribution in [2.75, 3.05) is 18.0 Å². The molecule has 1 fully saturated rings. The Bertz CT molecular complexity index is 570. The Morgan fingerprint density at radius 2 is 2.00 bits per heavy atom. The second kappa shape index (κ2) is 4.93. The smallest absolute Gasteiger partial charge is 0.225 e. The molecule has 2 heterocycles. The lowest BCUT2D eigenvalue weighted by Gasteiger charge is -2.15. The molecule has 5 heteroatoms. The van der Waals surface area contributed by atoms with E-state index in [1.807, 2.05) is 6.07 Å². The quantitative estimate of drug-likeness (QED) is 0.892. The van der Waals surface area contributed by atoms with Crippen molar-refractivity contribution in [3.63, 3.8) is 0 Å². The zero-order valence-electron chi connectivity index (χ0n) is 10.5. The second-order valence-electron chi connectivity index (χ2n) is 4.78. The Morgan fingerprint density at radius 3 is 2.63 bits per heavy atom. The summed E-state index contributed by atoms with van der Waals surface area (Å²) in [5.41, 5.74) is 7.46. The molecule has 1 saturated heterocycles. The van der Waals surface area contributed by atoms with Gasteiger partial charge in [-0.05, 0) is 24.1 Å². The third kappa shape index (κ3) is 2.56. The van der Waals surface area contributed by atoms with Gasteiger partial charge in [-0.25, -0.2) is 14.4 Å². The van der Waals surface area contributed by atoms with Crippen molar-refractivity contribution in [3.8, 4) is 11.1 Å². The monoisotopic (exact) mass is 258 g/mol. The molecular formula is C14H15FN4. The first-order valence-corrected chi connectivity index (χ1v) is 6.31. The maximum absolute atomic E-state index is 13.2. The predicted molar refractivity (Wildman–Crippen MR) is 72.2 cm³/mol. The van der Waals surface area contributed by atoms with Gasteiger partial charge >= 0.3 is 0 Å². The first-order chi connectivity index (χ1) is 9.22. The topological polar surface area (TPSA) is 55.0 Å². The number of nitrogens with two attached hydrogens (primary N) is 1. The lowest BCUT2D eigenvalue weighted by Crippen LogP contribution is -2.27. The molecule has 1 aliphatic heterocycles. The summed E-state index contributed by atoms with van der Waals surface area (Å²) < 4.78 is 13.2. The number of hydrogen-bond donors (Lipinski definition) is 1. The van der Waals surface area contributed by atoms with Gasteiger partial charge in [-0.15, -0.1) is 0 Å². The molecule has 1 unspecified atom stereocenters. The molecule has 4 nitrogen and oxygen atoms in total. The third-order valence-electron chi connectivity index (χ3n) is 3.30. The number of nitrogens with zero attached hydrogens (tertiary/aromatic N) is 3. The average molecular weight is 258 g/mol. The van der Waals surface area contributed by atoms with Gasteiger partial charge in [0.15, 0.2) is 0 Å². The fourth-order valence-electron chi connectivity index (χ4n) is 2.27. The predicted octanol–water partition coefficient (Wildman–Crippen LogP) is 1.82. The van der Waals surface area contributed by atoms with Crippen LogP contribution in [0, 0.1) is 5.82 Å². The van der Waals surface area contributed by atoms with E-state index in [1.54, 1.807) is 18.5 Å². The minimum Gasteiger partial charge on any atom is -0.339 e. The van der Waals surface area contributed by atoms with Crippen LogP contribution in [0.15, 0.2) is 36.7 Å². The standard InChI is InChI=1S/C14H15FN4/c15-12-3-1-2-10(6-12)11-7-17-14(18-8-11)19-5-4-13(16)9-19/h1-3,6-8,13H,4-5,9,16H2. The molecule has 98 valence electrons. The first kappa shape index (κ1) is 12.0. The summed E-state index contributed by atoms with van der Waals surface area (Å²) >= 11 is 0. The summed E-state index contributed by atoms with van der Waals surface area (Å²) in [4.78, 5) is 10.7. The van der Waals surface area contributed by atoms with Gasteiger partial charge in [-0.3, -0.25) is 0 Å². The highest BCUT2D eigenvalue weighted by Crippen LogP contribution is 2.21. The fourth-order valence-corrected chi connectivity index (χ4v) is 2.27. The van der Waals surface area contributed by atoms with Gasteiger partial charge in [0.2, 0.25) is 5.95 Å². The first-order valence-electron chi connectivity index (χ1n) is 6.31. The Morgan fingerprint density at radius 1 is 1.21 bits per heavy atom. The van der Waals surface area contributed by atoms with Crippen LogP contribution in [-0.4, -0.2) is 29.1 Å². The minimum absolute atomic E-state index is 0.200. The van der Waals surface area contributed by atoms with Crippen LogP contribution in [-0.2, 0) is 0 Å². The number of rotatable bonds is 2. The SMILES string of the molecule is NC1CCN(c2ncc(-c3cccc(F)c3)cn2)C1. The Labute approximate surface area is 111 Å². The molecule has 3 rings (SSSR count). The van der Waals surface area contributed by atoms with Crippen LogP contribution in [0.3, 0.4) is 0 Å². The van der Waals surface area contributed by atoms with E-state index in [0.717, 1.165) is 30.6 Å². The van der Waals surface area contributed by atoms with Crippen LogP contribution in [0.1, 0.15) is 6.42 Å². The molecule has 1 aliphatic rings. The van der Waals surface area contributed by atoms with Crippen molar-refractivity contribution in [1.29, 1.82) is 0 Å². The molecule has 19 heavy (non-hydrogen) atoms. The second-order valence-corrected chi connectivity index (χ2v) is 4.78. The summed E-state index contributed by atoms with van der Waals surface area (Å²) in [7, 11) is 0. The lowest BCUT2D eigenvalue weighted by molar-refractivity contribution is 0.628.